The van der Waals surface area contributed by atoms with E-state index in [0.29, 0.717) is 17.3 Å². The lowest BCUT2D eigenvalue weighted by atomic mass is 10.0. The van der Waals surface area contributed by atoms with Crippen molar-refractivity contribution in [2.24, 2.45) is 0 Å². The molecule has 3 aromatic rings. The molecule has 1 saturated heterocycles. The normalized spacial score (nSPS) is 18.0. The van der Waals surface area contributed by atoms with Gasteiger partial charge in [0.2, 0.25) is 0 Å². The number of hydrogen-bond donors (Lipinski definition) is 1. The minimum absolute atomic E-state index is 0.216. The molecule has 2 aliphatic rings. The smallest absolute Gasteiger partial charge is 0.356 e. The first kappa shape index (κ1) is 27.6. The van der Waals surface area contributed by atoms with Gasteiger partial charge in [-0.3, -0.25) is 14.5 Å². The van der Waals surface area contributed by atoms with E-state index in [4.69, 9.17) is 9.47 Å². The molecule has 0 spiro atoms. The van der Waals surface area contributed by atoms with Gasteiger partial charge in [0.15, 0.2) is 12.7 Å². The number of ether oxygens (including phenoxy) is 2. The number of nitrogens with one attached hydrogen (secondary N) is 1. The predicted octanol–water partition coefficient (Wildman–Crippen LogP) is 4.93. The van der Waals surface area contributed by atoms with Crippen molar-refractivity contribution in [1.82, 2.24) is 10.2 Å². The van der Waals surface area contributed by atoms with E-state index in [-0.39, 0.29) is 18.2 Å². The molecule has 2 heterocycles. The monoisotopic (exact) mass is 572 g/mol. The first-order chi connectivity index (χ1) is 19.6. The molecule has 3 aromatic carbocycles. The summed E-state index contributed by atoms with van der Waals surface area (Å²) in [6.07, 6.45) is 1.10. The molecule has 2 aliphatic heterocycles. The Labute approximate surface area is 241 Å². The van der Waals surface area contributed by atoms with E-state index in [2.05, 4.69) is 11.9 Å². The van der Waals surface area contributed by atoms with E-state index < -0.39 is 29.4 Å². The van der Waals surface area contributed by atoms with E-state index in [9.17, 15) is 14.4 Å². The van der Waals surface area contributed by atoms with Crippen molar-refractivity contribution in [2.45, 2.75) is 17.5 Å². The lowest BCUT2D eigenvalue weighted by molar-refractivity contribution is -0.154. The quantitative estimate of drug-likeness (QED) is 0.198. The summed E-state index contributed by atoms with van der Waals surface area (Å²) in [5, 5.41) is 2.35. The third kappa shape index (κ3) is 6.11. The fourth-order valence-corrected chi connectivity index (χ4v) is 6.85. The van der Waals surface area contributed by atoms with Crippen LogP contribution in [0.15, 0.2) is 114 Å². The Bertz CT molecular complexity index is 1360. The summed E-state index contributed by atoms with van der Waals surface area (Å²) in [6.45, 7) is 3.57. The highest BCUT2D eigenvalue weighted by atomic mass is 32.2. The van der Waals surface area contributed by atoms with Gasteiger partial charge in [0.05, 0.1) is 0 Å². The summed E-state index contributed by atoms with van der Waals surface area (Å²) >= 11 is 2.96. The number of carbonyl (C=O) groups excluding carboxylic acids is 3. The fraction of sp³-hybridized carbons (Fsp3) is 0.194. The number of β-lactam (4-membered cyclic amide) rings is 1. The van der Waals surface area contributed by atoms with Crippen LogP contribution in [0.2, 0.25) is 0 Å². The van der Waals surface area contributed by atoms with Crippen LogP contribution in [0.3, 0.4) is 0 Å². The zero-order chi connectivity index (χ0) is 27.9. The Morgan fingerprint density at radius 3 is 2.20 bits per heavy atom. The second-order valence-corrected chi connectivity index (χ2v) is 11.3. The SMILES string of the molecule is C=CCSC1=C(C(=O)OC(c2ccccc2)c2ccccc2)N2C(=O)[C@H](NC(=O)COc3ccccc3)[C@@H]2SC1. The molecule has 9 heteroatoms. The molecule has 0 radical (unpaired) electrons. The van der Waals surface area contributed by atoms with E-state index in [1.165, 1.54) is 28.4 Å². The molecule has 1 fully saturated rings. The molecule has 7 nitrogen and oxygen atoms in total. The molecule has 204 valence electrons. The molecule has 0 saturated carbocycles. The van der Waals surface area contributed by atoms with Crippen LogP contribution in [0.1, 0.15) is 17.2 Å². The maximum absolute atomic E-state index is 13.8. The van der Waals surface area contributed by atoms with Crippen molar-refractivity contribution in [3.05, 3.63) is 125 Å². The fourth-order valence-electron chi connectivity index (χ4n) is 4.48. The Hall–Kier alpha value is -3.95. The molecule has 0 unspecified atom stereocenters. The molecular formula is C31H28N2O5S2. The van der Waals surface area contributed by atoms with Crippen LogP contribution in [0.25, 0.3) is 0 Å². The number of amides is 2. The molecule has 0 aromatic heterocycles. The molecule has 5 rings (SSSR count). The van der Waals surface area contributed by atoms with Crippen LogP contribution in [0.5, 0.6) is 5.75 Å². The average Bonchev–Trinajstić information content (AvgIpc) is 3.01. The largest absolute Gasteiger partial charge is 0.484 e. The predicted molar refractivity (Wildman–Crippen MR) is 157 cm³/mol. The first-order valence-electron chi connectivity index (χ1n) is 12.8. The van der Waals surface area contributed by atoms with Gasteiger partial charge in [-0.25, -0.2) is 4.79 Å². The van der Waals surface area contributed by atoms with Crippen LogP contribution in [-0.4, -0.2) is 52.2 Å². The summed E-state index contributed by atoms with van der Waals surface area (Å²) in [4.78, 5) is 42.0. The number of benzene rings is 3. The van der Waals surface area contributed by atoms with Gasteiger partial charge < -0.3 is 14.8 Å². The molecule has 0 aliphatic carbocycles. The van der Waals surface area contributed by atoms with Gasteiger partial charge in [-0.15, -0.1) is 30.1 Å². The molecule has 40 heavy (non-hydrogen) atoms. The highest BCUT2D eigenvalue weighted by Crippen LogP contribution is 2.44. The van der Waals surface area contributed by atoms with Crippen LogP contribution in [0.4, 0.5) is 0 Å². The van der Waals surface area contributed by atoms with Gasteiger partial charge in [-0.1, -0.05) is 84.9 Å². The molecule has 2 amide bonds. The number of hydrogen-bond acceptors (Lipinski definition) is 7. The third-order valence-corrected chi connectivity index (χ3v) is 8.91. The lowest BCUT2D eigenvalue weighted by Gasteiger charge is -2.49. The van der Waals surface area contributed by atoms with Crippen LogP contribution >= 0.6 is 23.5 Å². The Morgan fingerprint density at radius 2 is 1.60 bits per heavy atom. The summed E-state index contributed by atoms with van der Waals surface area (Å²) in [6, 6.07) is 27.2. The van der Waals surface area contributed by atoms with Crippen molar-refractivity contribution in [1.29, 1.82) is 0 Å². The number of para-hydroxylation sites is 1. The summed E-state index contributed by atoms with van der Waals surface area (Å²) in [5.74, 6) is 0.304. The molecule has 1 N–H and O–H groups in total. The minimum Gasteiger partial charge on any atom is -0.484 e. The van der Waals surface area contributed by atoms with E-state index in [1.807, 2.05) is 78.9 Å². The Balaban J connectivity index is 1.34. The topological polar surface area (TPSA) is 84.9 Å². The second kappa shape index (κ2) is 12.9. The van der Waals surface area contributed by atoms with Crippen molar-refractivity contribution in [2.75, 3.05) is 18.1 Å². The summed E-state index contributed by atoms with van der Waals surface area (Å²) in [7, 11) is 0. The van der Waals surface area contributed by atoms with Gasteiger partial charge in [0.25, 0.3) is 11.8 Å². The number of thioether (sulfide) groups is 2. The Kier molecular flexibility index (Phi) is 8.93. The third-order valence-electron chi connectivity index (χ3n) is 6.36. The number of fused-ring (bicyclic) bond motifs is 1. The van der Waals surface area contributed by atoms with Crippen molar-refractivity contribution in [3.8, 4) is 5.75 Å². The van der Waals surface area contributed by atoms with Gasteiger partial charge in [0.1, 0.15) is 22.9 Å². The summed E-state index contributed by atoms with van der Waals surface area (Å²) in [5.41, 5.74) is 1.87. The molecule has 0 bridgehead atoms. The van der Waals surface area contributed by atoms with E-state index in [1.54, 1.807) is 18.2 Å². The van der Waals surface area contributed by atoms with Crippen molar-refractivity contribution < 1.29 is 23.9 Å². The zero-order valence-corrected chi connectivity index (χ0v) is 23.2. The maximum atomic E-state index is 13.8. The van der Waals surface area contributed by atoms with Crippen LogP contribution in [-0.2, 0) is 19.1 Å². The highest BCUT2D eigenvalue weighted by Gasteiger charge is 2.54. The van der Waals surface area contributed by atoms with Crippen molar-refractivity contribution >= 4 is 41.3 Å². The maximum Gasteiger partial charge on any atom is 0.356 e. The summed E-state index contributed by atoms with van der Waals surface area (Å²) < 4.78 is 11.6. The van der Waals surface area contributed by atoms with Gasteiger partial charge in [0, 0.05) is 16.4 Å². The average molecular weight is 573 g/mol. The van der Waals surface area contributed by atoms with Gasteiger partial charge in [-0.2, -0.15) is 0 Å². The number of nitrogens with zero attached hydrogens (tertiary/aromatic N) is 1. The van der Waals surface area contributed by atoms with Crippen LogP contribution < -0.4 is 10.1 Å². The van der Waals surface area contributed by atoms with E-state index >= 15 is 0 Å². The number of carbonyl (C=O) groups is 3. The number of rotatable bonds is 11. The van der Waals surface area contributed by atoms with Crippen molar-refractivity contribution in [3.63, 3.8) is 0 Å². The zero-order valence-electron chi connectivity index (χ0n) is 21.6. The minimum atomic E-state index is -0.760. The van der Waals surface area contributed by atoms with Crippen LogP contribution in [0, 0.1) is 0 Å². The second-order valence-electron chi connectivity index (χ2n) is 9.03. The van der Waals surface area contributed by atoms with Gasteiger partial charge >= 0.3 is 5.97 Å². The van der Waals surface area contributed by atoms with E-state index in [0.717, 1.165) is 16.0 Å². The van der Waals surface area contributed by atoms with Gasteiger partial charge in [-0.05, 0) is 23.3 Å². The number of esters is 1. The lowest BCUT2D eigenvalue weighted by Crippen LogP contribution is -2.70. The Morgan fingerprint density at radius 1 is 1.00 bits per heavy atom. The highest BCUT2D eigenvalue weighted by molar-refractivity contribution is 8.06. The molecule has 2 atom stereocenters. The first-order valence-corrected chi connectivity index (χ1v) is 14.8. The molecular weight excluding hydrogens is 544 g/mol. The standard InChI is InChI=1S/C31H28N2O5S2/c1-2-18-39-24-20-40-30-26(32-25(34)19-37-23-16-10-5-11-17-23)29(35)33(30)27(24)31(36)38-28(21-12-6-3-7-13-21)22-14-8-4-9-15-22/h2-17,26,28,30H,1,18-20H2,(H,32,34)/t26-,30-/m0/s1.